The molecule has 436 valence electrons. The van der Waals surface area contributed by atoms with Crippen molar-refractivity contribution in [3.05, 3.63) is 340 Å². The lowest BCUT2D eigenvalue weighted by Crippen LogP contribution is -1.91. The summed E-state index contributed by atoms with van der Waals surface area (Å²) in [5.41, 5.74) is 15.2. The van der Waals surface area contributed by atoms with E-state index in [9.17, 15) is 0 Å². The Labute approximate surface area is 551 Å². The van der Waals surface area contributed by atoms with Gasteiger partial charge in [-0.1, -0.05) is 322 Å². The minimum Gasteiger partial charge on any atom is -0.134 e. The fourth-order valence-corrected chi connectivity index (χ4v) is 18.0. The second kappa shape index (κ2) is 22.1. The zero-order chi connectivity index (χ0) is 61.8. The standard InChI is InChI=1S/2C46H28S/c1-2-13-31-27-33(24-23-29(31)11-1)32-14-9-15-34(28-32)43-36-17-5-7-19-38(36)44(39-20-8-6-18-37(39)43)42-22-10-21-40-41-26-25-30-12-3-4-16-35(30)45(41)47-46(40)42;1-2-12-33-28-34(25-22-29(33)10-1)30-20-23-32(24-21-30)43-36-14-5-7-16-38(36)44(39-17-8-6-15-37(39)43)42-19-9-18-40-41-27-26-31-11-3-4-13-35(31)45(41)47-46(40)42/h2*1-28H. The van der Waals surface area contributed by atoms with Gasteiger partial charge in [-0.3, -0.25) is 0 Å². The molecule has 0 amide bonds. The molecule has 2 heteroatoms. The van der Waals surface area contributed by atoms with E-state index < -0.39 is 0 Å². The molecule has 0 saturated carbocycles. The third-order valence-corrected chi connectivity index (χ3v) is 22.2. The van der Waals surface area contributed by atoms with Gasteiger partial charge in [0.2, 0.25) is 0 Å². The van der Waals surface area contributed by atoms with Gasteiger partial charge < -0.3 is 0 Å². The summed E-state index contributed by atoms with van der Waals surface area (Å²) in [5, 5.41) is 25.9. The third kappa shape index (κ3) is 8.79. The van der Waals surface area contributed by atoms with Crippen molar-refractivity contribution in [2.24, 2.45) is 0 Å². The van der Waals surface area contributed by atoms with Gasteiger partial charge in [0.15, 0.2) is 0 Å². The van der Waals surface area contributed by atoms with E-state index in [1.54, 1.807) is 0 Å². The summed E-state index contributed by atoms with van der Waals surface area (Å²) in [4.78, 5) is 0. The molecule has 0 aliphatic heterocycles. The van der Waals surface area contributed by atoms with Crippen molar-refractivity contribution in [2.75, 3.05) is 0 Å². The molecule has 94 heavy (non-hydrogen) atoms. The smallest absolute Gasteiger partial charge is 0.0434 e. The van der Waals surface area contributed by atoms with E-state index in [4.69, 9.17) is 0 Å². The summed E-state index contributed by atoms with van der Waals surface area (Å²) < 4.78 is 5.42. The Morgan fingerprint density at radius 1 is 0.138 bits per heavy atom. The summed E-state index contributed by atoms with van der Waals surface area (Å²) in [5.74, 6) is 0. The summed E-state index contributed by atoms with van der Waals surface area (Å²) in [6, 6.07) is 125. The van der Waals surface area contributed by atoms with Crippen LogP contribution in [0.15, 0.2) is 340 Å². The molecule has 20 aromatic rings. The molecular weight excluding hydrogens is 1170 g/mol. The van der Waals surface area contributed by atoms with Crippen LogP contribution in [-0.2, 0) is 0 Å². The van der Waals surface area contributed by atoms with Gasteiger partial charge in [-0.25, -0.2) is 0 Å². The molecule has 0 aliphatic rings. The lowest BCUT2D eigenvalue weighted by Gasteiger charge is -2.18. The first-order chi connectivity index (χ1) is 46.6. The molecule has 0 fully saturated rings. The van der Waals surface area contributed by atoms with Crippen LogP contribution in [0.4, 0.5) is 0 Å². The summed E-state index contributed by atoms with van der Waals surface area (Å²) in [7, 11) is 0. The molecule has 0 atom stereocenters. The fourth-order valence-electron chi connectivity index (χ4n) is 15.3. The number of hydrogen-bond donors (Lipinski definition) is 0. The van der Waals surface area contributed by atoms with Gasteiger partial charge in [-0.05, 0) is 160 Å². The fraction of sp³-hybridized carbons (Fsp3) is 0. The SMILES string of the molecule is c1cc(-c2ccc3ccccc3c2)cc(-c2c3ccccc3c(-c3cccc4c3sc3c5ccccc5ccc43)c3ccccc23)c1.c1ccc2cc(-c3ccc(-c4c5ccccc5c(-c5cccc6c5sc5c7ccccc7ccc65)c5ccccc45)cc3)ccc2c1. The Kier molecular flexibility index (Phi) is 12.8. The average Bonchev–Trinajstić information content (AvgIpc) is 1.19. The molecule has 0 bridgehead atoms. The van der Waals surface area contributed by atoms with Crippen LogP contribution >= 0.6 is 22.7 Å². The summed E-state index contributed by atoms with van der Waals surface area (Å²) in [6.45, 7) is 0. The van der Waals surface area contributed by atoms with Crippen molar-refractivity contribution in [1.29, 1.82) is 0 Å². The maximum absolute atomic E-state index is 2.37. The lowest BCUT2D eigenvalue weighted by atomic mass is 9.85. The zero-order valence-electron chi connectivity index (χ0n) is 51.1. The molecule has 0 unspecified atom stereocenters. The van der Waals surface area contributed by atoms with Crippen molar-refractivity contribution in [3.8, 4) is 66.8 Å². The second-order valence-electron chi connectivity index (χ2n) is 24.9. The highest BCUT2D eigenvalue weighted by Crippen LogP contribution is 2.52. The summed E-state index contributed by atoms with van der Waals surface area (Å²) >= 11 is 3.86. The van der Waals surface area contributed by atoms with Gasteiger partial charge in [0.25, 0.3) is 0 Å². The van der Waals surface area contributed by atoms with E-state index in [1.807, 2.05) is 22.7 Å². The van der Waals surface area contributed by atoms with Crippen LogP contribution in [0.2, 0.25) is 0 Å². The van der Waals surface area contributed by atoms with E-state index >= 15 is 0 Å². The number of rotatable bonds is 6. The second-order valence-corrected chi connectivity index (χ2v) is 26.9. The highest BCUT2D eigenvalue weighted by molar-refractivity contribution is 7.27. The van der Waals surface area contributed by atoms with Crippen LogP contribution in [0.25, 0.3) is 193 Å². The molecule has 0 nitrogen and oxygen atoms in total. The molecule has 0 radical (unpaired) electrons. The van der Waals surface area contributed by atoms with Crippen LogP contribution in [0, 0.1) is 0 Å². The molecule has 0 spiro atoms. The molecule has 0 aliphatic carbocycles. The highest BCUT2D eigenvalue weighted by Gasteiger charge is 2.23. The van der Waals surface area contributed by atoms with Crippen LogP contribution < -0.4 is 0 Å². The van der Waals surface area contributed by atoms with Crippen LogP contribution in [-0.4, -0.2) is 0 Å². The Morgan fingerprint density at radius 2 is 0.426 bits per heavy atom. The van der Waals surface area contributed by atoms with E-state index in [-0.39, 0.29) is 0 Å². The van der Waals surface area contributed by atoms with E-state index in [0.29, 0.717) is 0 Å². The zero-order valence-corrected chi connectivity index (χ0v) is 52.8. The maximum atomic E-state index is 2.37. The van der Waals surface area contributed by atoms with Gasteiger partial charge in [0, 0.05) is 51.5 Å². The van der Waals surface area contributed by atoms with Crippen LogP contribution in [0.3, 0.4) is 0 Å². The molecule has 0 N–H and O–H groups in total. The minimum absolute atomic E-state index is 1.23. The maximum Gasteiger partial charge on any atom is 0.0434 e. The Morgan fingerprint density at radius 3 is 0.872 bits per heavy atom. The average molecular weight is 1230 g/mol. The summed E-state index contributed by atoms with van der Waals surface area (Å²) in [6.07, 6.45) is 0. The predicted molar refractivity (Wildman–Crippen MR) is 411 cm³/mol. The highest BCUT2D eigenvalue weighted by atomic mass is 32.1. The Hall–Kier alpha value is -11.5. The normalized spacial score (nSPS) is 11.8. The van der Waals surface area contributed by atoms with Crippen molar-refractivity contribution in [1.82, 2.24) is 0 Å². The first-order valence-corrected chi connectivity index (χ1v) is 34.0. The number of benzene rings is 18. The first kappa shape index (κ1) is 54.2. The molecule has 20 rings (SSSR count). The number of fused-ring (bicyclic) bond motifs is 16. The van der Waals surface area contributed by atoms with Crippen molar-refractivity contribution in [3.63, 3.8) is 0 Å². The largest absolute Gasteiger partial charge is 0.134 e. The minimum atomic E-state index is 1.23. The third-order valence-electron chi connectivity index (χ3n) is 19.7. The number of thiophene rings is 2. The topological polar surface area (TPSA) is 0 Å². The molecular formula is C92H56S2. The first-order valence-electron chi connectivity index (χ1n) is 32.4. The van der Waals surface area contributed by atoms with Crippen molar-refractivity contribution in [2.45, 2.75) is 0 Å². The van der Waals surface area contributed by atoms with Crippen LogP contribution in [0.5, 0.6) is 0 Å². The van der Waals surface area contributed by atoms with Crippen molar-refractivity contribution < 1.29 is 0 Å². The van der Waals surface area contributed by atoms with Gasteiger partial charge in [0.05, 0.1) is 0 Å². The predicted octanol–water partition coefficient (Wildman–Crippen LogP) is 27.3. The van der Waals surface area contributed by atoms with Crippen LogP contribution in [0.1, 0.15) is 0 Å². The van der Waals surface area contributed by atoms with Gasteiger partial charge >= 0.3 is 0 Å². The number of hydrogen-bond acceptors (Lipinski definition) is 2. The molecule has 0 saturated heterocycles. The van der Waals surface area contributed by atoms with Crippen molar-refractivity contribution >= 4 is 149 Å². The van der Waals surface area contributed by atoms with Gasteiger partial charge in [-0.15, -0.1) is 22.7 Å². The lowest BCUT2D eigenvalue weighted by molar-refractivity contribution is 1.63. The molecule has 18 aromatic carbocycles. The van der Waals surface area contributed by atoms with Gasteiger partial charge in [0.1, 0.15) is 0 Å². The Balaban J connectivity index is 0.000000133. The van der Waals surface area contributed by atoms with E-state index in [0.717, 1.165) is 0 Å². The van der Waals surface area contributed by atoms with Gasteiger partial charge in [-0.2, -0.15) is 0 Å². The van der Waals surface area contributed by atoms with E-state index in [2.05, 4.69) is 340 Å². The Bertz CT molecular complexity index is 6360. The monoisotopic (exact) mass is 1220 g/mol. The van der Waals surface area contributed by atoms with E-state index in [1.165, 1.54) is 193 Å². The quantitative estimate of drug-likeness (QED) is 0.146. The molecule has 2 heterocycles. The molecule has 2 aromatic heterocycles.